The Morgan fingerprint density at radius 1 is 0.868 bits per heavy atom. The van der Waals surface area contributed by atoms with Gasteiger partial charge in [0.15, 0.2) is 0 Å². The molecule has 226 valence electrons. The molecule has 0 heterocycles. The molecule has 7 atom stereocenters. The number of nitrogens with one attached hydrogen (secondary N) is 2. The van der Waals surface area contributed by atoms with E-state index >= 15 is 0 Å². The lowest BCUT2D eigenvalue weighted by atomic mass is 9.70. The van der Waals surface area contributed by atoms with Crippen molar-refractivity contribution in [3.63, 3.8) is 0 Å². The minimum absolute atomic E-state index is 0.0474. The fourth-order valence-corrected chi connectivity index (χ4v) is 6.32. The van der Waals surface area contributed by atoms with Crippen LogP contribution in [0.5, 0.6) is 0 Å². The van der Waals surface area contributed by atoms with Crippen LogP contribution >= 0.6 is 0 Å². The molecule has 0 aromatic heterocycles. The van der Waals surface area contributed by atoms with Crippen molar-refractivity contribution in [1.29, 1.82) is 0 Å². The minimum atomic E-state index is -1.25. The van der Waals surface area contributed by atoms with Gasteiger partial charge in [0.05, 0.1) is 30.5 Å². The Morgan fingerprint density at radius 2 is 1.45 bits per heavy atom. The number of carbonyl (C=O) groups excluding carboxylic acids is 1. The highest BCUT2D eigenvalue weighted by atomic mass is 16.4. The van der Waals surface area contributed by atoms with Gasteiger partial charge in [0.2, 0.25) is 5.91 Å². The average molecular weight is 545 g/mol. The Balaban J connectivity index is 3.00. The maximum Gasteiger partial charge on any atom is 0.220 e. The molecule has 0 aromatic rings. The molecule has 1 aliphatic carbocycles. The molecule has 8 heteroatoms. The Hall–Kier alpha value is -0.770. The van der Waals surface area contributed by atoms with Gasteiger partial charge in [-0.05, 0) is 47.3 Å². The Kier molecular flexibility index (Phi) is 12.7. The first-order chi connectivity index (χ1) is 17.1. The van der Waals surface area contributed by atoms with Gasteiger partial charge in [-0.25, -0.2) is 0 Å². The third-order valence-electron chi connectivity index (χ3n) is 8.25. The van der Waals surface area contributed by atoms with Crippen molar-refractivity contribution >= 4 is 5.91 Å². The molecule has 38 heavy (non-hydrogen) atoms. The van der Waals surface area contributed by atoms with Crippen molar-refractivity contribution in [1.82, 2.24) is 10.6 Å². The molecular formula is C30H60N2O6. The number of hydrogen-bond donors (Lipinski definition) is 7. The summed E-state index contributed by atoms with van der Waals surface area (Å²) >= 11 is 0. The standard InChI is InChI=1S/C30H60N2O6/c1-11-28(5,6)18-30(9,10)23(35)14-22(34)20(16-31-19-12-13-21(33)26(38)25(19)37)32-24(36)15-29(7,8)17-27(2,3)4/h19-23,25-26,31,33-35,37-38H,11-18H2,1-10H3,(H,32,36). The number of rotatable bonds is 14. The maximum atomic E-state index is 13.1. The molecule has 0 bridgehead atoms. The molecule has 7 N–H and O–H groups in total. The van der Waals surface area contributed by atoms with Crippen LogP contribution in [0.15, 0.2) is 0 Å². The zero-order valence-electron chi connectivity index (χ0n) is 25.8. The zero-order chi connectivity index (χ0) is 29.7. The van der Waals surface area contributed by atoms with Crippen molar-refractivity contribution in [3.05, 3.63) is 0 Å². The lowest BCUT2D eigenvalue weighted by Gasteiger charge is -2.40. The van der Waals surface area contributed by atoms with E-state index in [4.69, 9.17) is 0 Å². The quantitative estimate of drug-likeness (QED) is 0.178. The molecule has 1 amide bonds. The Labute approximate surface area is 232 Å². The van der Waals surface area contributed by atoms with Crippen molar-refractivity contribution in [2.75, 3.05) is 6.54 Å². The van der Waals surface area contributed by atoms with E-state index in [1.54, 1.807) is 0 Å². The molecule has 7 unspecified atom stereocenters. The van der Waals surface area contributed by atoms with Gasteiger partial charge in [0, 0.05) is 25.4 Å². The van der Waals surface area contributed by atoms with E-state index in [0.717, 1.165) is 19.3 Å². The van der Waals surface area contributed by atoms with Crippen LogP contribution in [0.25, 0.3) is 0 Å². The van der Waals surface area contributed by atoms with Crippen LogP contribution in [0.2, 0.25) is 0 Å². The summed E-state index contributed by atoms with van der Waals surface area (Å²) in [6, 6.07) is -1.18. The molecular weight excluding hydrogens is 484 g/mol. The van der Waals surface area contributed by atoms with Crippen LogP contribution in [0.1, 0.15) is 114 Å². The first-order valence-corrected chi connectivity index (χ1v) is 14.5. The van der Waals surface area contributed by atoms with Crippen LogP contribution in [0.4, 0.5) is 0 Å². The maximum absolute atomic E-state index is 13.1. The van der Waals surface area contributed by atoms with Crippen molar-refractivity contribution in [2.45, 2.75) is 157 Å². The van der Waals surface area contributed by atoms with Crippen LogP contribution in [-0.4, -0.2) is 80.6 Å². The van der Waals surface area contributed by atoms with Gasteiger partial charge in [-0.3, -0.25) is 4.79 Å². The summed E-state index contributed by atoms with van der Waals surface area (Å²) in [6.45, 7) is 21.2. The van der Waals surface area contributed by atoms with E-state index in [0.29, 0.717) is 19.3 Å². The highest BCUT2D eigenvalue weighted by Crippen LogP contribution is 2.40. The fraction of sp³-hybridized carbons (Fsp3) is 0.967. The second-order valence-electron chi connectivity index (χ2n) is 15.4. The number of hydrogen-bond acceptors (Lipinski definition) is 7. The molecule has 1 saturated carbocycles. The number of aliphatic hydroxyl groups is 5. The number of aliphatic hydroxyl groups excluding tert-OH is 5. The summed E-state index contributed by atoms with van der Waals surface area (Å²) < 4.78 is 0. The highest BCUT2D eigenvalue weighted by molar-refractivity contribution is 5.77. The van der Waals surface area contributed by atoms with E-state index in [9.17, 15) is 30.3 Å². The predicted molar refractivity (Wildman–Crippen MR) is 153 cm³/mol. The van der Waals surface area contributed by atoms with Crippen LogP contribution in [-0.2, 0) is 4.79 Å². The van der Waals surface area contributed by atoms with Gasteiger partial charge in [0.25, 0.3) is 0 Å². The lowest BCUT2D eigenvalue weighted by molar-refractivity contribution is -0.125. The topological polar surface area (TPSA) is 142 Å². The Bertz CT molecular complexity index is 733. The first kappa shape index (κ1) is 35.3. The van der Waals surface area contributed by atoms with E-state index in [2.05, 4.69) is 66.0 Å². The van der Waals surface area contributed by atoms with E-state index in [1.807, 2.05) is 13.8 Å². The van der Waals surface area contributed by atoms with Gasteiger partial charge in [-0.15, -0.1) is 0 Å². The third kappa shape index (κ3) is 11.8. The largest absolute Gasteiger partial charge is 0.392 e. The summed E-state index contributed by atoms with van der Waals surface area (Å²) in [5, 5.41) is 58.9. The molecule has 0 saturated heterocycles. The lowest BCUT2D eigenvalue weighted by Crippen LogP contribution is -2.58. The number of carbonyl (C=O) groups is 1. The highest BCUT2D eigenvalue weighted by Gasteiger charge is 2.39. The van der Waals surface area contributed by atoms with Crippen molar-refractivity contribution in [3.8, 4) is 0 Å². The molecule has 0 spiro atoms. The van der Waals surface area contributed by atoms with Gasteiger partial charge >= 0.3 is 0 Å². The molecule has 0 aromatic carbocycles. The normalized spacial score (nSPS) is 26.1. The van der Waals surface area contributed by atoms with Crippen LogP contribution in [0, 0.1) is 21.7 Å². The summed E-state index contributed by atoms with van der Waals surface area (Å²) in [5.74, 6) is -0.175. The Morgan fingerprint density at radius 3 is 1.97 bits per heavy atom. The molecule has 1 aliphatic rings. The van der Waals surface area contributed by atoms with Gasteiger partial charge in [-0.1, -0.05) is 75.7 Å². The third-order valence-corrected chi connectivity index (χ3v) is 8.25. The monoisotopic (exact) mass is 544 g/mol. The molecule has 1 rings (SSSR count). The van der Waals surface area contributed by atoms with E-state index in [-0.39, 0.29) is 35.1 Å². The molecule has 0 aliphatic heterocycles. The number of amides is 1. The second kappa shape index (κ2) is 13.7. The summed E-state index contributed by atoms with van der Waals surface area (Å²) in [5.41, 5.74) is -0.560. The minimum Gasteiger partial charge on any atom is -0.392 e. The summed E-state index contributed by atoms with van der Waals surface area (Å²) in [7, 11) is 0. The van der Waals surface area contributed by atoms with Gasteiger partial charge < -0.3 is 36.2 Å². The summed E-state index contributed by atoms with van der Waals surface area (Å²) in [6.07, 6.45) is -1.37. The van der Waals surface area contributed by atoms with Gasteiger partial charge in [-0.2, -0.15) is 0 Å². The zero-order valence-corrected chi connectivity index (χ0v) is 25.8. The smallest absolute Gasteiger partial charge is 0.220 e. The predicted octanol–water partition coefficient (Wildman–Crippen LogP) is 3.12. The van der Waals surface area contributed by atoms with Crippen LogP contribution in [0.3, 0.4) is 0 Å². The van der Waals surface area contributed by atoms with E-state index in [1.165, 1.54) is 0 Å². The first-order valence-electron chi connectivity index (χ1n) is 14.5. The van der Waals surface area contributed by atoms with Crippen molar-refractivity contribution < 1.29 is 30.3 Å². The molecule has 1 fully saturated rings. The van der Waals surface area contributed by atoms with E-state index < -0.39 is 48.0 Å². The van der Waals surface area contributed by atoms with Crippen molar-refractivity contribution in [2.24, 2.45) is 21.7 Å². The fourth-order valence-electron chi connectivity index (χ4n) is 6.32. The second-order valence-corrected chi connectivity index (χ2v) is 15.4. The molecule has 8 nitrogen and oxygen atoms in total. The average Bonchev–Trinajstić information content (AvgIpc) is 2.73. The molecule has 0 radical (unpaired) electrons. The summed E-state index contributed by atoms with van der Waals surface area (Å²) in [4.78, 5) is 13.1. The van der Waals surface area contributed by atoms with Gasteiger partial charge in [0.1, 0.15) is 6.10 Å². The van der Waals surface area contributed by atoms with Crippen LogP contribution < -0.4 is 10.6 Å². The SMILES string of the molecule is CCC(C)(C)CC(C)(C)C(O)CC(O)C(CNC1CCC(O)C(O)C1O)NC(=O)CC(C)(C)CC(C)(C)C.